The second kappa shape index (κ2) is 9.27. The van der Waals surface area contributed by atoms with Crippen LogP contribution in [0.5, 0.6) is 0 Å². The zero-order chi connectivity index (χ0) is 24.3. The van der Waals surface area contributed by atoms with E-state index in [0.717, 1.165) is 17.3 Å². The zero-order valence-electron chi connectivity index (χ0n) is 17.9. The van der Waals surface area contributed by atoms with Crippen LogP contribution in [0.4, 0.5) is 27.5 Å². The van der Waals surface area contributed by atoms with E-state index in [1.54, 1.807) is 43.3 Å². The minimum Gasteiger partial charge on any atom is -0.338 e. The Morgan fingerprint density at radius 3 is 2.41 bits per heavy atom. The molecular weight excluding hydrogens is 455 g/mol. The first kappa shape index (κ1) is 22.8. The van der Waals surface area contributed by atoms with Crippen LogP contribution in [-0.4, -0.2) is 18.4 Å². The predicted molar refractivity (Wildman–Crippen MR) is 128 cm³/mol. The molecule has 0 unspecified atom stereocenters. The molecule has 0 spiro atoms. The molecule has 0 amide bonds. The first-order valence-electron chi connectivity index (χ1n) is 10.0. The molecule has 0 saturated carbocycles. The number of hydrogen-bond acceptors (Lipinski definition) is 7. The van der Waals surface area contributed by atoms with Crippen LogP contribution in [0.15, 0.2) is 77.8 Å². The van der Waals surface area contributed by atoms with Crippen molar-refractivity contribution in [2.24, 2.45) is 5.14 Å². The number of halogens is 1. The standard InChI is InChI=1S/C24H19FN6O2S/c1-15-5-8-20(12-22(15)34(27,32)33)30-24-28-14-21(25)23(31-24)29-19-9-6-17(7-10-19)18-4-2-3-16(11-18)13-26/h2-12,14H,1H3,(H2,27,32,33)(H2,28,29,30,31). The van der Waals surface area contributed by atoms with Crippen LogP contribution in [0.25, 0.3) is 11.1 Å². The third-order valence-corrected chi connectivity index (χ3v) is 6.02. The van der Waals surface area contributed by atoms with Crippen molar-refractivity contribution >= 4 is 33.2 Å². The molecule has 0 radical (unpaired) electrons. The molecular formula is C24H19FN6O2S. The second-order valence-corrected chi connectivity index (χ2v) is 8.97. The number of aromatic nitrogens is 2. The van der Waals surface area contributed by atoms with E-state index < -0.39 is 15.8 Å². The van der Waals surface area contributed by atoms with Gasteiger partial charge < -0.3 is 10.6 Å². The molecule has 0 atom stereocenters. The summed E-state index contributed by atoms with van der Waals surface area (Å²) < 4.78 is 37.9. The number of anilines is 4. The molecule has 170 valence electrons. The Kier molecular flexibility index (Phi) is 6.23. The highest BCUT2D eigenvalue weighted by molar-refractivity contribution is 7.89. The maximum absolute atomic E-state index is 14.4. The van der Waals surface area contributed by atoms with E-state index in [4.69, 9.17) is 10.4 Å². The van der Waals surface area contributed by atoms with Crippen LogP contribution >= 0.6 is 0 Å². The molecule has 4 aromatic rings. The van der Waals surface area contributed by atoms with Gasteiger partial charge in [-0.15, -0.1) is 0 Å². The van der Waals surface area contributed by atoms with Crippen molar-refractivity contribution in [2.45, 2.75) is 11.8 Å². The van der Waals surface area contributed by atoms with Gasteiger partial charge in [0.2, 0.25) is 16.0 Å². The average Bonchev–Trinajstić information content (AvgIpc) is 2.82. The maximum atomic E-state index is 14.4. The van der Waals surface area contributed by atoms with E-state index >= 15 is 0 Å². The van der Waals surface area contributed by atoms with Crippen molar-refractivity contribution in [2.75, 3.05) is 10.6 Å². The largest absolute Gasteiger partial charge is 0.338 e. The number of nitrogens with zero attached hydrogens (tertiary/aromatic N) is 3. The molecule has 0 aliphatic carbocycles. The van der Waals surface area contributed by atoms with Crippen molar-refractivity contribution < 1.29 is 12.8 Å². The molecule has 3 aromatic carbocycles. The van der Waals surface area contributed by atoms with E-state index in [2.05, 4.69) is 26.7 Å². The minimum atomic E-state index is -3.90. The quantitative estimate of drug-likeness (QED) is 0.372. The van der Waals surface area contributed by atoms with Crippen molar-refractivity contribution in [1.82, 2.24) is 9.97 Å². The van der Waals surface area contributed by atoms with Crippen LogP contribution in [0.3, 0.4) is 0 Å². The van der Waals surface area contributed by atoms with Gasteiger partial charge in [0.25, 0.3) is 0 Å². The molecule has 0 fully saturated rings. The molecule has 0 aliphatic heterocycles. The molecule has 34 heavy (non-hydrogen) atoms. The van der Waals surface area contributed by atoms with Crippen LogP contribution in [0.2, 0.25) is 0 Å². The Balaban J connectivity index is 1.55. The van der Waals surface area contributed by atoms with Crippen LogP contribution < -0.4 is 15.8 Å². The number of sulfonamides is 1. The molecule has 1 heterocycles. The molecule has 0 saturated heterocycles. The first-order chi connectivity index (χ1) is 16.2. The third-order valence-electron chi connectivity index (χ3n) is 4.97. The van der Waals surface area contributed by atoms with Crippen molar-refractivity contribution in [3.8, 4) is 17.2 Å². The van der Waals surface area contributed by atoms with Gasteiger partial charge in [-0.05, 0) is 60.0 Å². The van der Waals surface area contributed by atoms with Gasteiger partial charge in [-0.3, -0.25) is 0 Å². The lowest BCUT2D eigenvalue weighted by atomic mass is 10.0. The number of primary sulfonamides is 1. The lowest BCUT2D eigenvalue weighted by molar-refractivity contribution is 0.597. The molecule has 0 bridgehead atoms. The summed E-state index contributed by atoms with van der Waals surface area (Å²) >= 11 is 0. The summed E-state index contributed by atoms with van der Waals surface area (Å²) in [4.78, 5) is 8.04. The molecule has 1 aromatic heterocycles. The van der Waals surface area contributed by atoms with Crippen molar-refractivity contribution in [3.05, 3.63) is 89.9 Å². The van der Waals surface area contributed by atoms with Crippen LogP contribution in [-0.2, 0) is 10.0 Å². The summed E-state index contributed by atoms with van der Waals surface area (Å²) in [5.41, 5.74) is 3.83. The number of rotatable bonds is 6. The Morgan fingerprint density at radius 2 is 1.71 bits per heavy atom. The highest BCUT2D eigenvalue weighted by Crippen LogP contribution is 2.26. The van der Waals surface area contributed by atoms with Gasteiger partial charge in [-0.2, -0.15) is 10.2 Å². The van der Waals surface area contributed by atoms with Gasteiger partial charge in [0, 0.05) is 11.4 Å². The second-order valence-electron chi connectivity index (χ2n) is 7.44. The first-order valence-corrected chi connectivity index (χ1v) is 11.6. The van der Waals surface area contributed by atoms with Crippen molar-refractivity contribution in [3.63, 3.8) is 0 Å². The van der Waals surface area contributed by atoms with E-state index in [0.29, 0.717) is 22.5 Å². The Bertz CT molecular complexity index is 1520. The van der Waals surface area contributed by atoms with Gasteiger partial charge in [0.05, 0.1) is 22.7 Å². The molecule has 4 rings (SSSR count). The summed E-state index contributed by atoms with van der Waals surface area (Å²) in [7, 11) is -3.90. The topological polar surface area (TPSA) is 134 Å². The summed E-state index contributed by atoms with van der Waals surface area (Å²) in [6.07, 6.45) is 1.01. The van der Waals surface area contributed by atoms with E-state index in [-0.39, 0.29) is 16.7 Å². The average molecular weight is 475 g/mol. The van der Waals surface area contributed by atoms with Gasteiger partial charge in [-0.1, -0.05) is 30.3 Å². The van der Waals surface area contributed by atoms with Crippen LogP contribution in [0, 0.1) is 24.1 Å². The summed E-state index contributed by atoms with van der Waals surface area (Å²) in [5, 5.41) is 20.1. The molecule has 10 heteroatoms. The van der Waals surface area contributed by atoms with E-state index in [1.807, 2.05) is 24.3 Å². The molecule has 8 nitrogen and oxygen atoms in total. The number of benzene rings is 3. The number of nitriles is 1. The monoisotopic (exact) mass is 474 g/mol. The number of hydrogen-bond donors (Lipinski definition) is 3. The zero-order valence-corrected chi connectivity index (χ0v) is 18.8. The number of nitrogens with one attached hydrogen (secondary N) is 2. The Morgan fingerprint density at radius 1 is 0.971 bits per heavy atom. The third kappa shape index (κ3) is 5.17. The summed E-state index contributed by atoms with van der Waals surface area (Å²) in [5.74, 6) is -0.654. The smallest absolute Gasteiger partial charge is 0.238 e. The van der Waals surface area contributed by atoms with Gasteiger partial charge >= 0.3 is 0 Å². The van der Waals surface area contributed by atoms with E-state index in [1.165, 1.54) is 6.07 Å². The van der Waals surface area contributed by atoms with Gasteiger partial charge in [0.1, 0.15) is 0 Å². The summed E-state index contributed by atoms with van der Waals surface area (Å²) in [6.45, 7) is 1.63. The number of nitrogens with two attached hydrogens (primary N) is 1. The fourth-order valence-electron chi connectivity index (χ4n) is 3.28. The maximum Gasteiger partial charge on any atom is 0.238 e. The fraction of sp³-hybridized carbons (Fsp3) is 0.0417. The SMILES string of the molecule is Cc1ccc(Nc2ncc(F)c(Nc3ccc(-c4cccc(C#N)c4)cc3)n2)cc1S(N)(=O)=O. The van der Waals surface area contributed by atoms with Crippen LogP contribution in [0.1, 0.15) is 11.1 Å². The normalized spacial score (nSPS) is 11.0. The Labute approximate surface area is 196 Å². The van der Waals surface area contributed by atoms with Crippen molar-refractivity contribution in [1.29, 1.82) is 5.26 Å². The highest BCUT2D eigenvalue weighted by Gasteiger charge is 2.13. The molecule has 0 aliphatic rings. The summed E-state index contributed by atoms with van der Waals surface area (Å²) in [6, 6.07) is 21.2. The van der Waals surface area contributed by atoms with Gasteiger partial charge in [0.15, 0.2) is 11.6 Å². The molecule has 4 N–H and O–H groups in total. The predicted octanol–water partition coefficient (Wildman–Crippen LogP) is 4.60. The number of aryl methyl sites for hydroxylation is 1. The lowest BCUT2D eigenvalue weighted by Crippen LogP contribution is -2.14. The fourth-order valence-corrected chi connectivity index (χ4v) is 4.09. The van der Waals surface area contributed by atoms with Gasteiger partial charge in [-0.25, -0.2) is 22.9 Å². The Hall–Kier alpha value is -4.33. The van der Waals surface area contributed by atoms with E-state index in [9.17, 15) is 12.8 Å². The highest BCUT2D eigenvalue weighted by atomic mass is 32.2. The minimum absolute atomic E-state index is 0.0293. The lowest BCUT2D eigenvalue weighted by Gasteiger charge is -2.11.